The summed E-state index contributed by atoms with van der Waals surface area (Å²) in [6.45, 7) is 0.951. The molecule has 4 rings (SSSR count). The van der Waals surface area contributed by atoms with Crippen LogP contribution in [-0.2, 0) is 22.0 Å². The largest absolute Gasteiger partial charge is 0.534 e. The van der Waals surface area contributed by atoms with E-state index < -0.39 is 15.6 Å². The Hall–Kier alpha value is -1.28. The van der Waals surface area contributed by atoms with Gasteiger partial charge in [-0.25, -0.2) is 0 Å². The van der Waals surface area contributed by atoms with E-state index in [-0.39, 0.29) is 11.2 Å². The lowest BCUT2D eigenvalue weighted by Gasteiger charge is -2.58. The van der Waals surface area contributed by atoms with Gasteiger partial charge in [-0.3, -0.25) is 0 Å². The highest BCUT2D eigenvalue weighted by Crippen LogP contribution is 2.56. The zero-order chi connectivity index (χ0) is 18.7. The van der Waals surface area contributed by atoms with E-state index in [0.717, 1.165) is 49.8 Å². The molecule has 1 aromatic rings. The minimum atomic E-state index is -5.65. The number of hydrogen-bond donors (Lipinski definition) is 0. The Labute approximate surface area is 151 Å². The predicted molar refractivity (Wildman–Crippen MR) is 90.4 cm³/mol. The van der Waals surface area contributed by atoms with Crippen LogP contribution in [-0.4, -0.2) is 38.5 Å². The van der Waals surface area contributed by atoms with Gasteiger partial charge in [0.05, 0.1) is 0 Å². The Morgan fingerprint density at radius 1 is 1.23 bits per heavy atom. The molecule has 1 saturated carbocycles. The molecule has 4 nitrogen and oxygen atoms in total. The van der Waals surface area contributed by atoms with Crippen molar-refractivity contribution in [1.82, 2.24) is 4.90 Å². The summed E-state index contributed by atoms with van der Waals surface area (Å²) in [5.74, 6) is 0.231. The van der Waals surface area contributed by atoms with Crippen molar-refractivity contribution in [1.29, 1.82) is 0 Å². The minimum absolute atomic E-state index is 0.0651. The molecule has 1 unspecified atom stereocenters. The average molecular weight is 389 g/mol. The van der Waals surface area contributed by atoms with Crippen LogP contribution in [0.15, 0.2) is 18.2 Å². The number of likely N-dealkylation sites (tertiary alicyclic amines) is 1. The number of benzene rings is 1. The molecular weight excluding hydrogens is 367 g/mol. The molecule has 2 fully saturated rings. The number of hydrogen-bond acceptors (Lipinski definition) is 4. The summed E-state index contributed by atoms with van der Waals surface area (Å²) in [5, 5.41) is 0. The number of likely N-dealkylation sites (N-methyl/N-ethyl adjacent to an activating group) is 1. The molecule has 2 aliphatic carbocycles. The first kappa shape index (κ1) is 18.1. The fraction of sp³-hybridized carbons (Fsp3) is 0.667. The monoisotopic (exact) mass is 389 g/mol. The van der Waals surface area contributed by atoms with E-state index in [9.17, 15) is 21.6 Å². The van der Waals surface area contributed by atoms with Crippen LogP contribution < -0.4 is 4.18 Å². The average Bonchev–Trinajstić information content (AvgIpc) is 2.57. The van der Waals surface area contributed by atoms with Gasteiger partial charge in [0.2, 0.25) is 0 Å². The highest BCUT2D eigenvalue weighted by molar-refractivity contribution is 7.88. The molecule has 0 amide bonds. The maximum atomic E-state index is 12.7. The number of nitrogens with zero attached hydrogens (tertiary/aromatic N) is 1. The van der Waals surface area contributed by atoms with Gasteiger partial charge in [-0.1, -0.05) is 18.9 Å². The van der Waals surface area contributed by atoms with E-state index in [2.05, 4.69) is 16.1 Å². The fourth-order valence-corrected chi connectivity index (χ4v) is 5.85. The Kier molecular flexibility index (Phi) is 4.08. The predicted octanol–water partition coefficient (Wildman–Crippen LogP) is 3.60. The molecule has 26 heavy (non-hydrogen) atoms. The van der Waals surface area contributed by atoms with Gasteiger partial charge in [0.25, 0.3) is 0 Å². The quantitative estimate of drug-likeness (QED) is 0.573. The van der Waals surface area contributed by atoms with E-state index in [0.29, 0.717) is 12.0 Å². The Morgan fingerprint density at radius 2 is 2.00 bits per heavy atom. The maximum Gasteiger partial charge on any atom is 0.534 e. The van der Waals surface area contributed by atoms with Crippen molar-refractivity contribution in [3.05, 3.63) is 29.3 Å². The highest BCUT2D eigenvalue weighted by Gasteiger charge is 2.53. The smallest absolute Gasteiger partial charge is 0.376 e. The summed E-state index contributed by atoms with van der Waals surface area (Å²) >= 11 is 0. The summed E-state index contributed by atoms with van der Waals surface area (Å²) in [5.41, 5.74) is -3.38. The number of fused-ring (bicyclic) bond motifs is 1. The summed E-state index contributed by atoms with van der Waals surface area (Å²) in [6.07, 6.45) is 6.19. The van der Waals surface area contributed by atoms with Crippen molar-refractivity contribution in [3.63, 3.8) is 0 Å². The van der Waals surface area contributed by atoms with Crippen LogP contribution in [0.3, 0.4) is 0 Å². The highest BCUT2D eigenvalue weighted by atomic mass is 32.2. The lowest BCUT2D eigenvalue weighted by molar-refractivity contribution is -0.0500. The Balaban J connectivity index is 1.76. The molecular formula is C18H22F3NO3S. The zero-order valence-electron chi connectivity index (χ0n) is 14.6. The van der Waals surface area contributed by atoms with E-state index in [1.807, 2.05) is 0 Å². The third kappa shape index (κ3) is 2.64. The SMILES string of the molecule is CN1CC[C@@]23CCCCC2[C@@H]1Cc1ccc(OS(=O)(=O)C(F)(F)F)cc13. The molecule has 1 aromatic carbocycles. The Morgan fingerprint density at radius 3 is 2.73 bits per heavy atom. The third-order valence-corrected chi connectivity index (χ3v) is 7.55. The van der Waals surface area contributed by atoms with Crippen molar-refractivity contribution < 1.29 is 25.8 Å². The van der Waals surface area contributed by atoms with Crippen molar-refractivity contribution >= 4 is 10.1 Å². The summed E-state index contributed by atoms with van der Waals surface area (Å²) < 4.78 is 65.1. The van der Waals surface area contributed by atoms with Gasteiger partial charge in [0.1, 0.15) is 5.75 Å². The summed E-state index contributed by atoms with van der Waals surface area (Å²) in [7, 11) is -3.51. The van der Waals surface area contributed by atoms with Gasteiger partial charge in [-0.2, -0.15) is 21.6 Å². The fourth-order valence-electron chi connectivity index (χ4n) is 5.40. The molecule has 0 aromatic heterocycles. The van der Waals surface area contributed by atoms with Gasteiger partial charge in [0.15, 0.2) is 0 Å². The van der Waals surface area contributed by atoms with Crippen LogP contribution in [0, 0.1) is 5.92 Å². The van der Waals surface area contributed by atoms with E-state index in [4.69, 9.17) is 0 Å². The van der Waals surface area contributed by atoms with Gasteiger partial charge >= 0.3 is 15.6 Å². The van der Waals surface area contributed by atoms with Crippen molar-refractivity contribution in [3.8, 4) is 5.75 Å². The maximum absolute atomic E-state index is 12.7. The van der Waals surface area contributed by atoms with Gasteiger partial charge in [-0.05, 0) is 68.5 Å². The first-order valence-corrected chi connectivity index (χ1v) is 10.4. The lowest BCUT2D eigenvalue weighted by atomic mass is 9.52. The first-order chi connectivity index (χ1) is 12.1. The molecule has 144 valence electrons. The van der Waals surface area contributed by atoms with Crippen LogP contribution in [0.2, 0.25) is 0 Å². The number of piperidine rings is 1. The zero-order valence-corrected chi connectivity index (χ0v) is 15.4. The molecule has 0 N–H and O–H groups in total. The molecule has 8 heteroatoms. The normalized spacial score (nSPS) is 31.8. The van der Waals surface area contributed by atoms with Crippen molar-refractivity contribution in [2.75, 3.05) is 13.6 Å². The molecule has 1 saturated heterocycles. The molecule has 1 heterocycles. The summed E-state index contributed by atoms with van der Waals surface area (Å²) in [4.78, 5) is 2.40. The number of alkyl halides is 3. The third-order valence-electron chi connectivity index (χ3n) is 6.58. The first-order valence-electron chi connectivity index (χ1n) is 8.98. The molecule has 0 radical (unpaired) electrons. The van der Waals surface area contributed by atoms with Crippen LogP contribution in [0.5, 0.6) is 5.75 Å². The molecule has 1 aliphatic heterocycles. The second kappa shape index (κ2) is 5.86. The molecule has 2 bridgehead atoms. The number of rotatable bonds is 2. The van der Waals surface area contributed by atoms with E-state index in [1.165, 1.54) is 12.5 Å². The van der Waals surface area contributed by atoms with Gasteiger partial charge in [-0.15, -0.1) is 0 Å². The Bertz CT molecular complexity index is 823. The second-order valence-electron chi connectivity index (χ2n) is 7.81. The minimum Gasteiger partial charge on any atom is -0.376 e. The van der Waals surface area contributed by atoms with Crippen LogP contribution >= 0.6 is 0 Å². The van der Waals surface area contributed by atoms with Crippen molar-refractivity contribution in [2.24, 2.45) is 5.92 Å². The molecule has 3 aliphatic rings. The van der Waals surface area contributed by atoms with E-state index >= 15 is 0 Å². The van der Waals surface area contributed by atoms with Gasteiger partial charge < -0.3 is 9.08 Å². The van der Waals surface area contributed by atoms with Gasteiger partial charge in [0, 0.05) is 11.5 Å². The van der Waals surface area contributed by atoms with Crippen LogP contribution in [0.25, 0.3) is 0 Å². The standard InChI is InChI=1S/C18H22F3NO3S/c1-22-9-8-17-7-3-2-4-14(17)16(22)10-12-5-6-13(11-15(12)17)25-26(23,24)18(19,20)21/h5-6,11,14,16H,2-4,7-10H2,1H3/t14?,16-,17-/m0/s1. The lowest BCUT2D eigenvalue weighted by Crippen LogP contribution is -2.59. The topological polar surface area (TPSA) is 46.6 Å². The molecule has 3 atom stereocenters. The van der Waals surface area contributed by atoms with Crippen molar-refractivity contribution in [2.45, 2.75) is 55.5 Å². The van der Waals surface area contributed by atoms with Crippen LogP contribution in [0.4, 0.5) is 13.2 Å². The number of halogens is 3. The molecule has 0 spiro atoms. The summed E-state index contributed by atoms with van der Waals surface area (Å²) in [6, 6.07) is 5.09. The second-order valence-corrected chi connectivity index (χ2v) is 9.35. The van der Waals surface area contributed by atoms with Crippen LogP contribution in [0.1, 0.15) is 43.2 Å². The van der Waals surface area contributed by atoms with E-state index in [1.54, 1.807) is 12.1 Å².